The highest BCUT2D eigenvalue weighted by Gasteiger charge is 2.30. The first kappa shape index (κ1) is 20.5. The average molecular weight is 389 g/mol. The van der Waals surface area contributed by atoms with E-state index in [1.807, 2.05) is 0 Å². The first-order chi connectivity index (χ1) is 12.3. The molecule has 142 valence electrons. The van der Waals surface area contributed by atoms with E-state index in [1.165, 1.54) is 30.0 Å². The second-order valence-electron chi connectivity index (χ2n) is 5.48. The van der Waals surface area contributed by atoms with Crippen molar-refractivity contribution in [2.24, 2.45) is 0 Å². The lowest BCUT2D eigenvalue weighted by molar-refractivity contribution is -0.137. The number of anilines is 1. The molecule has 2 rings (SSSR count). The van der Waals surface area contributed by atoms with Gasteiger partial charge in [0.2, 0.25) is 0 Å². The molecule has 0 spiro atoms. The lowest BCUT2D eigenvalue weighted by Crippen LogP contribution is -2.31. The molecule has 0 bridgehead atoms. The molecule has 0 aliphatic heterocycles. The van der Waals surface area contributed by atoms with E-state index in [0.29, 0.717) is 31.2 Å². The molecule has 0 aliphatic rings. The minimum atomic E-state index is -4.39. The molecule has 0 aliphatic carbocycles. The van der Waals surface area contributed by atoms with Crippen molar-refractivity contribution < 1.29 is 22.7 Å². The molecule has 0 radical (unpaired) electrons. The van der Waals surface area contributed by atoms with Crippen LogP contribution < -0.4 is 10.6 Å². The minimum Gasteiger partial charge on any atom is -0.391 e. The molecule has 0 amide bonds. The Morgan fingerprint density at radius 3 is 2.42 bits per heavy atom. The van der Waals surface area contributed by atoms with Crippen LogP contribution in [0.25, 0.3) is 0 Å². The van der Waals surface area contributed by atoms with Gasteiger partial charge in [-0.05, 0) is 36.4 Å². The number of benzene rings is 1. The van der Waals surface area contributed by atoms with Gasteiger partial charge >= 0.3 is 6.18 Å². The van der Waals surface area contributed by atoms with Gasteiger partial charge in [-0.3, -0.25) is 0 Å². The lowest BCUT2D eigenvalue weighted by Gasteiger charge is -2.12. The van der Waals surface area contributed by atoms with Gasteiger partial charge in [0.05, 0.1) is 11.7 Å². The molecular formula is C17H19F4N3OS. The Bertz CT molecular complexity index is 665. The van der Waals surface area contributed by atoms with Crippen molar-refractivity contribution in [3.05, 3.63) is 54.0 Å². The van der Waals surface area contributed by atoms with Crippen LogP contribution in [0.2, 0.25) is 0 Å². The normalized spacial score (nSPS) is 12.8. The fraction of sp³-hybridized carbons (Fsp3) is 0.353. The van der Waals surface area contributed by atoms with Crippen molar-refractivity contribution in [1.82, 2.24) is 10.3 Å². The van der Waals surface area contributed by atoms with E-state index in [9.17, 15) is 22.7 Å². The molecule has 1 atom stereocenters. The van der Waals surface area contributed by atoms with Crippen LogP contribution in [0.5, 0.6) is 0 Å². The van der Waals surface area contributed by atoms with Crippen LogP contribution in [-0.2, 0) is 6.18 Å². The second-order valence-corrected chi connectivity index (χ2v) is 6.57. The van der Waals surface area contributed by atoms with Crippen LogP contribution in [0.3, 0.4) is 0 Å². The summed E-state index contributed by atoms with van der Waals surface area (Å²) in [7, 11) is 0. The smallest absolute Gasteiger partial charge is 0.391 e. The van der Waals surface area contributed by atoms with E-state index >= 15 is 0 Å². The monoisotopic (exact) mass is 389 g/mol. The molecular weight excluding hydrogens is 370 g/mol. The molecule has 3 N–H and O–H groups in total. The molecule has 26 heavy (non-hydrogen) atoms. The number of thioether (sulfide) groups is 1. The standard InChI is InChI=1S/C17H19F4N3OS/c18-13-2-4-15(5-3-13)26-11-14(25)10-22-7-8-23-16-6-1-12(9-24-16)17(19,20)21/h1-6,9,14,22,25H,7-8,10-11H2,(H,23,24)/t14-/m1/s1. The third kappa shape index (κ3) is 7.19. The van der Waals surface area contributed by atoms with E-state index in [0.717, 1.165) is 17.2 Å². The Morgan fingerprint density at radius 1 is 1.08 bits per heavy atom. The van der Waals surface area contributed by atoms with Gasteiger partial charge in [0.1, 0.15) is 11.6 Å². The minimum absolute atomic E-state index is 0.299. The quantitative estimate of drug-likeness (QED) is 0.349. The Morgan fingerprint density at radius 2 is 1.81 bits per heavy atom. The molecule has 0 fully saturated rings. The zero-order valence-corrected chi connectivity index (χ0v) is 14.6. The zero-order chi connectivity index (χ0) is 19.0. The number of aromatic nitrogens is 1. The largest absolute Gasteiger partial charge is 0.417 e. The summed E-state index contributed by atoms with van der Waals surface area (Å²) in [5.74, 6) is 0.519. The van der Waals surface area contributed by atoms with Crippen molar-refractivity contribution >= 4 is 17.6 Å². The molecule has 0 saturated heterocycles. The van der Waals surface area contributed by atoms with Crippen LogP contribution in [0.15, 0.2) is 47.5 Å². The van der Waals surface area contributed by atoms with Crippen LogP contribution in [0, 0.1) is 5.82 Å². The Kier molecular flexibility index (Phi) is 7.67. The van der Waals surface area contributed by atoms with Crippen molar-refractivity contribution in [2.45, 2.75) is 17.2 Å². The topological polar surface area (TPSA) is 57.2 Å². The van der Waals surface area contributed by atoms with Gasteiger partial charge in [0.15, 0.2) is 0 Å². The Labute approximate surface area is 153 Å². The number of pyridine rings is 1. The summed E-state index contributed by atoms with van der Waals surface area (Å²) in [4.78, 5) is 4.58. The van der Waals surface area contributed by atoms with Crippen molar-refractivity contribution in [3.63, 3.8) is 0 Å². The summed E-state index contributed by atoms with van der Waals surface area (Å²) >= 11 is 1.43. The van der Waals surface area contributed by atoms with Crippen LogP contribution >= 0.6 is 11.8 Å². The Balaban J connectivity index is 1.59. The molecule has 1 aromatic heterocycles. The van der Waals surface area contributed by atoms with Crippen LogP contribution in [0.4, 0.5) is 23.4 Å². The van der Waals surface area contributed by atoms with Crippen molar-refractivity contribution in [2.75, 3.05) is 30.7 Å². The highest BCUT2D eigenvalue weighted by molar-refractivity contribution is 7.99. The number of hydrogen-bond donors (Lipinski definition) is 3. The first-order valence-electron chi connectivity index (χ1n) is 7.89. The predicted octanol–water partition coefficient (Wildman–Crippen LogP) is 3.39. The molecule has 2 aromatic rings. The van der Waals surface area contributed by atoms with Gasteiger partial charge in [-0.1, -0.05) is 0 Å². The fourth-order valence-electron chi connectivity index (χ4n) is 2.00. The number of aliphatic hydroxyl groups excluding tert-OH is 1. The number of rotatable bonds is 9. The van der Waals surface area contributed by atoms with Gasteiger partial charge in [-0.25, -0.2) is 9.37 Å². The molecule has 0 saturated carbocycles. The first-order valence-corrected chi connectivity index (χ1v) is 8.87. The zero-order valence-electron chi connectivity index (χ0n) is 13.8. The van der Waals surface area contributed by atoms with Gasteiger partial charge < -0.3 is 15.7 Å². The molecule has 1 aromatic carbocycles. The van der Waals surface area contributed by atoms with E-state index in [4.69, 9.17) is 0 Å². The van der Waals surface area contributed by atoms with Crippen molar-refractivity contribution in [1.29, 1.82) is 0 Å². The van der Waals surface area contributed by atoms with Crippen LogP contribution in [0.1, 0.15) is 5.56 Å². The second kappa shape index (κ2) is 9.75. The van der Waals surface area contributed by atoms with E-state index in [1.54, 1.807) is 12.1 Å². The molecule has 9 heteroatoms. The summed E-state index contributed by atoms with van der Waals surface area (Å²) in [6.45, 7) is 1.34. The number of hydrogen-bond acceptors (Lipinski definition) is 5. The van der Waals surface area contributed by atoms with Gasteiger partial charge in [0, 0.05) is 36.5 Å². The molecule has 0 unspecified atom stereocenters. The summed E-state index contributed by atoms with van der Waals surface area (Å²) in [5.41, 5.74) is -0.789. The number of alkyl halides is 3. The highest BCUT2D eigenvalue weighted by Crippen LogP contribution is 2.28. The maximum absolute atomic E-state index is 12.8. The maximum atomic E-state index is 12.8. The van der Waals surface area contributed by atoms with Gasteiger partial charge in [0.25, 0.3) is 0 Å². The number of nitrogens with one attached hydrogen (secondary N) is 2. The number of halogens is 4. The fourth-order valence-corrected chi connectivity index (χ4v) is 2.83. The third-order valence-corrected chi connectivity index (χ3v) is 4.49. The predicted molar refractivity (Wildman–Crippen MR) is 93.7 cm³/mol. The lowest BCUT2D eigenvalue weighted by atomic mass is 10.3. The maximum Gasteiger partial charge on any atom is 0.417 e. The van der Waals surface area contributed by atoms with E-state index < -0.39 is 17.8 Å². The van der Waals surface area contributed by atoms with E-state index in [2.05, 4.69) is 15.6 Å². The SMILES string of the molecule is O[C@H](CNCCNc1ccc(C(F)(F)F)cn1)CSc1ccc(F)cc1. The highest BCUT2D eigenvalue weighted by atomic mass is 32.2. The third-order valence-electron chi connectivity index (χ3n) is 3.33. The Hall–Kier alpha value is -1.84. The van der Waals surface area contributed by atoms with Crippen molar-refractivity contribution in [3.8, 4) is 0 Å². The molecule has 1 heterocycles. The number of nitrogens with zero attached hydrogens (tertiary/aromatic N) is 1. The summed E-state index contributed by atoms with van der Waals surface area (Å²) < 4.78 is 50.1. The summed E-state index contributed by atoms with van der Waals surface area (Å²) in [5, 5.41) is 15.8. The molecule has 4 nitrogen and oxygen atoms in total. The van der Waals surface area contributed by atoms with Gasteiger partial charge in [-0.2, -0.15) is 13.2 Å². The van der Waals surface area contributed by atoms with Crippen LogP contribution in [-0.4, -0.2) is 41.6 Å². The van der Waals surface area contributed by atoms with Gasteiger partial charge in [-0.15, -0.1) is 11.8 Å². The summed E-state index contributed by atoms with van der Waals surface area (Å²) in [6, 6.07) is 8.29. The average Bonchev–Trinajstić information content (AvgIpc) is 2.60. The summed E-state index contributed by atoms with van der Waals surface area (Å²) in [6.07, 6.45) is -4.18. The number of aliphatic hydroxyl groups is 1. The van der Waals surface area contributed by atoms with E-state index in [-0.39, 0.29) is 5.82 Å².